The van der Waals surface area contributed by atoms with Crippen LogP contribution in [0.5, 0.6) is 0 Å². The van der Waals surface area contributed by atoms with Gasteiger partial charge in [-0.15, -0.1) is 0 Å². The highest BCUT2D eigenvalue weighted by Crippen LogP contribution is 2.38. The van der Waals surface area contributed by atoms with E-state index in [1.807, 2.05) is 0 Å². The minimum atomic E-state index is 0.170. The van der Waals surface area contributed by atoms with Crippen LogP contribution in [-0.2, 0) is 0 Å². The average Bonchev–Trinajstić information content (AvgIpc) is 2.99. The number of nitrogens with zero attached hydrogens (tertiary/aromatic N) is 6. The Morgan fingerprint density at radius 3 is 2.85 bits per heavy atom. The Balaban J connectivity index is 1.87. The lowest BCUT2D eigenvalue weighted by molar-refractivity contribution is 0.348. The molecule has 1 aliphatic carbocycles. The zero-order valence-electron chi connectivity index (χ0n) is 11.6. The monoisotopic (exact) mass is 274 g/mol. The van der Waals surface area contributed by atoms with Gasteiger partial charge in [0.25, 0.3) is 5.95 Å². The Morgan fingerprint density at radius 1 is 1.35 bits per heavy atom. The summed E-state index contributed by atoms with van der Waals surface area (Å²) in [5.41, 5.74) is 5.97. The highest BCUT2D eigenvalue weighted by atomic mass is 15.4. The smallest absolute Gasteiger partial charge is 0.258 e. The van der Waals surface area contributed by atoms with Gasteiger partial charge in [-0.3, -0.25) is 0 Å². The molecule has 0 aliphatic heterocycles. The largest absolute Gasteiger partial charge is 0.368 e. The van der Waals surface area contributed by atoms with Crippen LogP contribution in [0.3, 0.4) is 0 Å². The molecule has 0 bridgehead atoms. The van der Waals surface area contributed by atoms with Crippen LogP contribution in [0.25, 0.3) is 5.95 Å². The number of nitrogens with one attached hydrogen (secondary N) is 1. The first kappa shape index (κ1) is 12.8. The summed E-state index contributed by atoms with van der Waals surface area (Å²) in [6.07, 6.45) is 6.46. The molecule has 1 saturated carbocycles. The molecule has 106 valence electrons. The van der Waals surface area contributed by atoms with E-state index in [9.17, 15) is 0 Å². The molecule has 3 rings (SSSR count). The van der Waals surface area contributed by atoms with Gasteiger partial charge < -0.3 is 11.1 Å². The van der Waals surface area contributed by atoms with Crippen molar-refractivity contribution in [2.24, 2.45) is 5.41 Å². The van der Waals surface area contributed by atoms with Crippen LogP contribution in [0.15, 0.2) is 12.7 Å². The van der Waals surface area contributed by atoms with Crippen molar-refractivity contribution >= 4 is 11.9 Å². The highest BCUT2D eigenvalue weighted by molar-refractivity contribution is 5.36. The van der Waals surface area contributed by atoms with Crippen LogP contribution in [-0.4, -0.2) is 35.8 Å². The number of aromatic nitrogens is 6. The Labute approximate surface area is 116 Å². The Morgan fingerprint density at radius 2 is 2.20 bits per heavy atom. The molecule has 20 heavy (non-hydrogen) atoms. The quantitative estimate of drug-likeness (QED) is 0.860. The Bertz CT molecular complexity index is 592. The number of nitrogen functional groups attached to an aromatic ring is 1. The van der Waals surface area contributed by atoms with Crippen molar-refractivity contribution in [3.8, 4) is 5.95 Å². The number of hydrogen-bond donors (Lipinski definition) is 2. The lowest BCUT2D eigenvalue weighted by atomic mass is 9.87. The average molecular weight is 274 g/mol. The highest BCUT2D eigenvalue weighted by Gasteiger charge is 2.34. The van der Waals surface area contributed by atoms with Gasteiger partial charge >= 0.3 is 0 Å². The van der Waals surface area contributed by atoms with Gasteiger partial charge in [-0.1, -0.05) is 20.3 Å². The van der Waals surface area contributed by atoms with Crippen LogP contribution in [0, 0.1) is 5.41 Å². The van der Waals surface area contributed by atoms with E-state index in [2.05, 4.69) is 44.2 Å². The maximum Gasteiger partial charge on any atom is 0.258 e. The molecule has 1 unspecified atom stereocenters. The third-order valence-electron chi connectivity index (χ3n) is 3.83. The molecule has 2 aromatic heterocycles. The second kappa shape index (κ2) is 4.69. The van der Waals surface area contributed by atoms with Crippen molar-refractivity contribution in [3.05, 3.63) is 12.7 Å². The van der Waals surface area contributed by atoms with E-state index in [4.69, 9.17) is 5.73 Å². The van der Waals surface area contributed by atoms with Gasteiger partial charge in [0.1, 0.15) is 12.7 Å². The summed E-state index contributed by atoms with van der Waals surface area (Å²) in [5.74, 6) is 1.03. The fourth-order valence-electron chi connectivity index (χ4n) is 2.61. The van der Waals surface area contributed by atoms with Crippen molar-refractivity contribution < 1.29 is 0 Å². The molecule has 8 heteroatoms. The van der Waals surface area contributed by atoms with Crippen LogP contribution in [0.2, 0.25) is 0 Å². The summed E-state index contributed by atoms with van der Waals surface area (Å²) in [7, 11) is 0. The van der Waals surface area contributed by atoms with E-state index < -0.39 is 0 Å². The summed E-state index contributed by atoms with van der Waals surface area (Å²) < 4.78 is 1.46. The molecular formula is C12H18N8. The maximum atomic E-state index is 5.74. The first-order valence-electron chi connectivity index (χ1n) is 6.68. The Kier molecular flexibility index (Phi) is 3.00. The predicted molar refractivity (Wildman–Crippen MR) is 74.2 cm³/mol. The zero-order valence-corrected chi connectivity index (χ0v) is 11.6. The molecule has 8 nitrogen and oxygen atoms in total. The van der Waals surface area contributed by atoms with Gasteiger partial charge in [0.2, 0.25) is 11.9 Å². The fraction of sp³-hybridized carbons (Fsp3) is 0.583. The van der Waals surface area contributed by atoms with Crippen molar-refractivity contribution in [2.45, 2.75) is 39.2 Å². The summed E-state index contributed by atoms with van der Waals surface area (Å²) in [6.45, 7) is 4.50. The molecule has 0 spiro atoms. The van der Waals surface area contributed by atoms with Crippen LogP contribution < -0.4 is 11.1 Å². The van der Waals surface area contributed by atoms with Crippen molar-refractivity contribution in [1.82, 2.24) is 29.7 Å². The van der Waals surface area contributed by atoms with Crippen molar-refractivity contribution in [3.63, 3.8) is 0 Å². The van der Waals surface area contributed by atoms with Crippen molar-refractivity contribution in [2.75, 3.05) is 11.1 Å². The molecule has 2 aromatic rings. The van der Waals surface area contributed by atoms with E-state index in [1.54, 1.807) is 0 Å². The SMILES string of the molecule is CC1(C)CCCC1Nc1nc(N)nc(-n2cncn2)n1. The number of rotatable bonds is 3. The minimum absolute atomic E-state index is 0.170. The lowest BCUT2D eigenvalue weighted by Gasteiger charge is -2.27. The molecule has 0 radical (unpaired) electrons. The van der Waals surface area contributed by atoms with Crippen LogP contribution >= 0.6 is 0 Å². The number of hydrogen-bond acceptors (Lipinski definition) is 7. The molecule has 0 aromatic carbocycles. The standard InChI is InChI=1S/C12H18N8/c1-12(2)5-3-4-8(12)16-10-17-9(13)18-11(19-10)20-7-14-6-15-20/h6-8H,3-5H2,1-2H3,(H3,13,16,17,18,19). The zero-order chi connectivity index (χ0) is 14.2. The molecular weight excluding hydrogens is 256 g/mol. The van der Waals surface area contributed by atoms with E-state index in [0.717, 1.165) is 6.42 Å². The minimum Gasteiger partial charge on any atom is -0.368 e. The summed E-state index contributed by atoms with van der Waals surface area (Å²) in [5, 5.41) is 7.37. The van der Waals surface area contributed by atoms with E-state index in [-0.39, 0.29) is 11.4 Å². The summed E-state index contributed by atoms with van der Waals surface area (Å²) in [6, 6.07) is 0.341. The van der Waals surface area contributed by atoms with Gasteiger partial charge in [-0.2, -0.15) is 24.7 Å². The topological polar surface area (TPSA) is 107 Å². The van der Waals surface area contributed by atoms with Crippen LogP contribution in [0.1, 0.15) is 33.1 Å². The maximum absolute atomic E-state index is 5.74. The van der Waals surface area contributed by atoms with Gasteiger partial charge in [0.15, 0.2) is 0 Å². The number of nitrogens with two attached hydrogens (primary N) is 1. The van der Waals surface area contributed by atoms with Crippen molar-refractivity contribution in [1.29, 1.82) is 0 Å². The van der Waals surface area contributed by atoms with Gasteiger partial charge in [-0.25, -0.2) is 4.98 Å². The van der Waals surface area contributed by atoms with E-state index in [0.29, 0.717) is 17.9 Å². The normalized spacial score (nSPS) is 21.0. The molecule has 3 N–H and O–H groups in total. The van der Waals surface area contributed by atoms with Gasteiger partial charge in [-0.05, 0) is 18.3 Å². The molecule has 2 heterocycles. The first-order chi connectivity index (χ1) is 9.54. The van der Waals surface area contributed by atoms with Gasteiger partial charge in [0.05, 0.1) is 0 Å². The second-order valence-corrected chi connectivity index (χ2v) is 5.73. The first-order valence-corrected chi connectivity index (χ1v) is 6.68. The van der Waals surface area contributed by atoms with Crippen LogP contribution in [0.4, 0.5) is 11.9 Å². The number of anilines is 2. The lowest BCUT2D eigenvalue weighted by Crippen LogP contribution is -2.32. The fourth-order valence-corrected chi connectivity index (χ4v) is 2.61. The molecule has 1 aliphatic rings. The third-order valence-corrected chi connectivity index (χ3v) is 3.83. The second-order valence-electron chi connectivity index (χ2n) is 5.73. The molecule has 1 fully saturated rings. The Hall–Kier alpha value is -2.25. The van der Waals surface area contributed by atoms with E-state index >= 15 is 0 Å². The predicted octanol–water partition coefficient (Wildman–Crippen LogP) is 1.03. The molecule has 0 amide bonds. The molecule has 1 atom stereocenters. The third kappa shape index (κ3) is 2.40. The van der Waals surface area contributed by atoms with Gasteiger partial charge in [0, 0.05) is 6.04 Å². The molecule has 0 saturated heterocycles. The summed E-state index contributed by atoms with van der Waals surface area (Å²) in [4.78, 5) is 16.4. The summed E-state index contributed by atoms with van der Waals surface area (Å²) >= 11 is 0. The van der Waals surface area contributed by atoms with E-state index in [1.165, 1.54) is 30.2 Å².